The summed E-state index contributed by atoms with van der Waals surface area (Å²) in [7, 11) is 5.93. The monoisotopic (exact) mass is 598 g/mol. The number of ketones is 1. The van der Waals surface area contributed by atoms with E-state index in [1.54, 1.807) is 25.0 Å². The van der Waals surface area contributed by atoms with Gasteiger partial charge in [-0.1, -0.05) is 36.4 Å². The van der Waals surface area contributed by atoms with Gasteiger partial charge in [0.15, 0.2) is 12.4 Å². The quantitative estimate of drug-likeness (QED) is 0.122. The van der Waals surface area contributed by atoms with Crippen LogP contribution in [0.15, 0.2) is 86.9 Å². The summed E-state index contributed by atoms with van der Waals surface area (Å²) >= 11 is 0. The molecule has 13 heteroatoms. The fourth-order valence-corrected chi connectivity index (χ4v) is 4.05. The van der Waals surface area contributed by atoms with Gasteiger partial charge in [0.25, 0.3) is 5.56 Å². The zero-order valence-electron chi connectivity index (χ0n) is 24.5. The lowest BCUT2D eigenvalue weighted by atomic mass is 10.2. The van der Waals surface area contributed by atoms with Crippen LogP contribution in [0, 0.1) is 0 Å². The van der Waals surface area contributed by atoms with Crippen LogP contribution in [0.3, 0.4) is 0 Å². The number of anilines is 1. The predicted octanol–water partition coefficient (Wildman–Crippen LogP) is 2.41. The number of amides is 1. The maximum Gasteiger partial charge on any atom is 0.332 e. The van der Waals surface area contributed by atoms with Crippen LogP contribution in [0.4, 0.5) is 5.82 Å². The third kappa shape index (κ3) is 6.73. The van der Waals surface area contributed by atoms with Gasteiger partial charge in [0.05, 0.1) is 5.69 Å². The molecule has 2 aromatic carbocycles. The molecule has 0 bridgehead atoms. The smallest absolute Gasteiger partial charge is 0.332 e. The zero-order valence-corrected chi connectivity index (χ0v) is 24.5. The van der Waals surface area contributed by atoms with Crippen LogP contribution in [-0.4, -0.2) is 62.7 Å². The summed E-state index contributed by atoms with van der Waals surface area (Å²) in [6.45, 7) is -0.736. The lowest BCUT2D eigenvalue weighted by Crippen LogP contribution is -2.42. The van der Waals surface area contributed by atoms with Crippen LogP contribution >= 0.6 is 0 Å². The van der Waals surface area contributed by atoms with Crippen molar-refractivity contribution in [2.45, 2.75) is 0 Å². The summed E-state index contributed by atoms with van der Waals surface area (Å²) in [4.78, 5) is 60.4. The fourth-order valence-electron chi connectivity index (χ4n) is 4.05. The number of furan rings is 1. The van der Waals surface area contributed by atoms with E-state index in [0.29, 0.717) is 22.6 Å². The number of hydrogen-bond acceptors (Lipinski definition) is 9. The molecule has 13 nitrogen and oxygen atoms in total. The number of para-hydroxylation sites is 2. The van der Waals surface area contributed by atoms with E-state index in [1.807, 2.05) is 60.7 Å². The Bertz CT molecular complexity index is 1950. The highest BCUT2D eigenvalue weighted by Gasteiger charge is 2.21. The summed E-state index contributed by atoms with van der Waals surface area (Å²) in [5, 5.41) is 5.57. The van der Waals surface area contributed by atoms with Crippen molar-refractivity contribution in [1.82, 2.24) is 23.8 Å². The lowest BCUT2D eigenvalue weighted by molar-refractivity contribution is -0.136. The van der Waals surface area contributed by atoms with Crippen molar-refractivity contribution < 1.29 is 23.5 Å². The van der Waals surface area contributed by atoms with E-state index < -0.39 is 35.2 Å². The summed E-state index contributed by atoms with van der Waals surface area (Å²) < 4.78 is 14.5. The van der Waals surface area contributed by atoms with Crippen LogP contribution in [0.1, 0.15) is 15.9 Å². The maximum absolute atomic E-state index is 12.6. The highest BCUT2D eigenvalue weighted by molar-refractivity contribution is 6.02. The highest BCUT2D eigenvalue weighted by atomic mass is 16.5. The number of nitrogens with zero attached hydrogens (tertiary/aromatic N) is 5. The molecule has 0 aliphatic rings. The largest absolute Gasteiger partial charge is 0.454 e. The first-order chi connectivity index (χ1) is 21.0. The van der Waals surface area contributed by atoms with Gasteiger partial charge in [-0.2, -0.15) is 5.10 Å². The van der Waals surface area contributed by atoms with Gasteiger partial charge in [0.2, 0.25) is 12.2 Å². The first-order valence-electron chi connectivity index (χ1n) is 13.2. The average molecular weight is 599 g/mol. The van der Waals surface area contributed by atoms with Crippen LogP contribution in [0.25, 0.3) is 34.2 Å². The van der Waals surface area contributed by atoms with Crippen molar-refractivity contribution in [2.24, 2.45) is 14.1 Å². The molecular weight excluding hydrogens is 568 g/mol. The number of Topliss-reactive ketones (excluding diaryl/α,β-unsaturated/α-hetero) is 1. The standard InChI is InChI=1S/C28H23N5O6.C3H7NO/c1-31-26(29)24(27(36)32(2)28(31)37)20(34)16-38-23(35)13-12-18-15-33(19-9-4-3-5-10-19)30-25(18)22-14-17-8-6-7-11-21(17)39-22;1-4(2)3-5/h3-15H,16,29H2,1-2H3;3H,1-2H3/b13-12+;. The number of carbonyl (C=O) groups is 3. The van der Waals surface area contributed by atoms with Gasteiger partial charge in [-0.3, -0.25) is 23.5 Å². The van der Waals surface area contributed by atoms with Crippen LogP contribution < -0.4 is 17.0 Å². The van der Waals surface area contributed by atoms with Crippen molar-refractivity contribution in [3.8, 4) is 17.1 Å². The van der Waals surface area contributed by atoms with Crippen LogP contribution in [0.5, 0.6) is 0 Å². The molecule has 0 unspecified atom stereocenters. The third-order valence-electron chi connectivity index (χ3n) is 6.37. The minimum Gasteiger partial charge on any atom is -0.454 e. The molecule has 0 fully saturated rings. The Kier molecular flexibility index (Phi) is 9.38. The molecule has 3 heterocycles. The van der Waals surface area contributed by atoms with E-state index in [4.69, 9.17) is 14.9 Å². The first kappa shape index (κ1) is 31.0. The van der Waals surface area contributed by atoms with E-state index in [0.717, 1.165) is 32.7 Å². The number of ether oxygens (including phenoxy) is 1. The van der Waals surface area contributed by atoms with Crippen molar-refractivity contribution >= 4 is 41.0 Å². The Balaban J connectivity index is 0.000000818. The molecule has 3 aromatic heterocycles. The first-order valence-corrected chi connectivity index (χ1v) is 13.2. The zero-order chi connectivity index (χ0) is 32.0. The number of nitrogens with two attached hydrogens (primary N) is 1. The maximum atomic E-state index is 12.6. The molecule has 0 atom stereocenters. The second kappa shape index (κ2) is 13.3. The molecule has 0 saturated heterocycles. The van der Waals surface area contributed by atoms with Crippen molar-refractivity contribution in [1.29, 1.82) is 0 Å². The van der Waals surface area contributed by atoms with Crippen LogP contribution in [0.2, 0.25) is 0 Å². The fraction of sp³-hybridized carbons (Fsp3) is 0.161. The minimum atomic E-state index is -0.865. The molecule has 2 N–H and O–H groups in total. The normalized spacial score (nSPS) is 10.8. The summed E-state index contributed by atoms with van der Waals surface area (Å²) in [6, 6.07) is 18.8. The molecular formula is C31H30N6O7. The summed E-state index contributed by atoms with van der Waals surface area (Å²) in [5.74, 6) is -1.45. The minimum absolute atomic E-state index is 0.302. The Morgan fingerprint density at radius 3 is 2.34 bits per heavy atom. The van der Waals surface area contributed by atoms with E-state index in [9.17, 15) is 24.0 Å². The molecule has 5 aromatic rings. The highest BCUT2D eigenvalue weighted by Crippen LogP contribution is 2.30. The number of aromatic nitrogens is 4. The van der Waals surface area contributed by atoms with Crippen LogP contribution in [-0.2, 0) is 28.4 Å². The number of nitrogen functional groups attached to an aromatic ring is 1. The Morgan fingerprint density at radius 2 is 1.68 bits per heavy atom. The number of esters is 1. The number of carbonyl (C=O) groups excluding carboxylic acids is 3. The molecule has 0 aliphatic heterocycles. The third-order valence-corrected chi connectivity index (χ3v) is 6.37. The molecule has 0 saturated carbocycles. The van der Waals surface area contributed by atoms with Crippen molar-refractivity contribution in [2.75, 3.05) is 26.4 Å². The molecule has 0 aliphatic carbocycles. The van der Waals surface area contributed by atoms with Crippen molar-refractivity contribution in [3.05, 3.63) is 105 Å². The van der Waals surface area contributed by atoms with Gasteiger partial charge >= 0.3 is 11.7 Å². The number of benzene rings is 2. The molecule has 0 spiro atoms. The average Bonchev–Trinajstić information content (AvgIpc) is 3.66. The van der Waals surface area contributed by atoms with Gasteiger partial charge in [-0.05, 0) is 30.3 Å². The molecule has 5 rings (SSSR count). The van der Waals surface area contributed by atoms with Gasteiger partial charge in [-0.15, -0.1) is 0 Å². The van der Waals surface area contributed by atoms with E-state index in [1.165, 1.54) is 25.1 Å². The van der Waals surface area contributed by atoms with E-state index in [2.05, 4.69) is 5.10 Å². The van der Waals surface area contributed by atoms with Crippen molar-refractivity contribution in [3.63, 3.8) is 0 Å². The number of rotatable bonds is 8. The predicted molar refractivity (Wildman–Crippen MR) is 164 cm³/mol. The second-order valence-electron chi connectivity index (χ2n) is 9.76. The van der Waals surface area contributed by atoms with E-state index in [-0.39, 0.29) is 5.82 Å². The number of fused-ring (bicyclic) bond motifs is 1. The molecule has 1 amide bonds. The number of hydrogen-bond donors (Lipinski definition) is 1. The molecule has 226 valence electrons. The second-order valence-corrected chi connectivity index (χ2v) is 9.76. The topological polar surface area (TPSA) is 165 Å². The van der Waals surface area contributed by atoms with Gasteiger partial charge in [-0.25, -0.2) is 14.3 Å². The van der Waals surface area contributed by atoms with Gasteiger partial charge in [0.1, 0.15) is 22.7 Å². The molecule has 0 radical (unpaired) electrons. The lowest BCUT2D eigenvalue weighted by Gasteiger charge is -2.10. The molecule has 44 heavy (non-hydrogen) atoms. The van der Waals surface area contributed by atoms with Gasteiger partial charge in [0, 0.05) is 51.4 Å². The Labute approximate surface area is 251 Å². The summed E-state index contributed by atoms with van der Waals surface area (Å²) in [5.41, 5.74) is 6.40. The SMILES string of the molecule is CN(C)C=O.Cn1c(N)c(C(=O)COC(=O)/C=C/c2cn(-c3ccccc3)nc2-c2cc3ccccc3o2)c(=O)n(C)c1=O. The van der Waals surface area contributed by atoms with E-state index >= 15 is 0 Å². The van der Waals surface area contributed by atoms with Gasteiger partial charge < -0.3 is 19.8 Å². The Morgan fingerprint density at radius 1 is 1.02 bits per heavy atom. The Hall–Kier alpha value is -5.98. The summed E-state index contributed by atoms with van der Waals surface area (Å²) in [6.07, 6.45) is 5.14.